The van der Waals surface area contributed by atoms with Crippen molar-refractivity contribution in [3.05, 3.63) is 41.9 Å². The van der Waals surface area contributed by atoms with Gasteiger partial charge in [0.05, 0.1) is 25.5 Å². The van der Waals surface area contributed by atoms with Crippen molar-refractivity contribution >= 4 is 0 Å². The first-order valence-electron chi connectivity index (χ1n) is 8.64. The fraction of sp³-hybridized carbons (Fsp3) is 0.556. The number of hydrogen-bond acceptors (Lipinski definition) is 5. The lowest BCUT2D eigenvalue weighted by molar-refractivity contribution is 0.0121. The Hall–Kier alpha value is -1.92. The van der Waals surface area contributed by atoms with E-state index in [1.54, 1.807) is 13.3 Å². The molecule has 3 heterocycles. The highest BCUT2D eigenvalue weighted by molar-refractivity contribution is 5.25. The number of fused-ring (bicyclic) bond motifs is 1. The molecule has 1 aliphatic carbocycles. The Labute approximate surface area is 142 Å². The standard InChI is InChI=1S/C18H24N4O2/c1-23-18-15(3-2-7-19-18)9-21-10-16-6-8-20-22(16)12-17(11-21)24-13-14-4-5-14/h2-3,6-8,14,17H,4-5,9-13H2,1H3. The van der Waals surface area contributed by atoms with Crippen LogP contribution in [0, 0.1) is 5.92 Å². The van der Waals surface area contributed by atoms with E-state index in [0.29, 0.717) is 5.88 Å². The van der Waals surface area contributed by atoms with Crippen LogP contribution in [0.15, 0.2) is 30.6 Å². The summed E-state index contributed by atoms with van der Waals surface area (Å²) < 4.78 is 13.7. The molecule has 128 valence electrons. The lowest BCUT2D eigenvalue weighted by Crippen LogP contribution is -2.33. The minimum Gasteiger partial charge on any atom is -0.481 e. The van der Waals surface area contributed by atoms with Crippen molar-refractivity contribution in [3.8, 4) is 5.88 Å². The highest BCUT2D eigenvalue weighted by Crippen LogP contribution is 2.30. The van der Waals surface area contributed by atoms with E-state index in [1.165, 1.54) is 18.5 Å². The van der Waals surface area contributed by atoms with E-state index < -0.39 is 0 Å². The van der Waals surface area contributed by atoms with Crippen molar-refractivity contribution in [3.63, 3.8) is 0 Å². The molecule has 6 nitrogen and oxygen atoms in total. The quantitative estimate of drug-likeness (QED) is 0.813. The van der Waals surface area contributed by atoms with Crippen molar-refractivity contribution in [1.82, 2.24) is 19.7 Å². The first-order chi connectivity index (χ1) is 11.8. The number of nitrogens with zero attached hydrogens (tertiary/aromatic N) is 4. The Bertz CT molecular complexity index is 683. The molecule has 0 aromatic carbocycles. The van der Waals surface area contributed by atoms with Gasteiger partial charge in [-0.05, 0) is 30.9 Å². The van der Waals surface area contributed by atoms with Gasteiger partial charge in [-0.25, -0.2) is 4.98 Å². The molecular weight excluding hydrogens is 304 g/mol. The molecule has 0 radical (unpaired) electrons. The molecule has 0 amide bonds. The van der Waals surface area contributed by atoms with Crippen molar-refractivity contribution in [2.45, 2.75) is 38.6 Å². The van der Waals surface area contributed by atoms with Gasteiger partial charge in [0, 0.05) is 44.2 Å². The van der Waals surface area contributed by atoms with Gasteiger partial charge in [-0.2, -0.15) is 5.10 Å². The number of pyridine rings is 1. The van der Waals surface area contributed by atoms with Crippen LogP contribution in [0.1, 0.15) is 24.1 Å². The van der Waals surface area contributed by atoms with Gasteiger partial charge in [-0.1, -0.05) is 6.07 Å². The average Bonchev–Trinajstić information content (AvgIpc) is 3.36. The smallest absolute Gasteiger partial charge is 0.217 e. The normalized spacial score (nSPS) is 21.3. The third kappa shape index (κ3) is 3.60. The minimum atomic E-state index is 0.175. The molecule has 4 rings (SSSR count). The minimum absolute atomic E-state index is 0.175. The SMILES string of the molecule is COc1ncccc1CN1Cc2ccnn2CC(OCC2CC2)C1. The van der Waals surface area contributed by atoms with Gasteiger partial charge in [0.15, 0.2) is 0 Å². The summed E-state index contributed by atoms with van der Waals surface area (Å²) in [6.07, 6.45) is 6.45. The lowest BCUT2D eigenvalue weighted by Gasteiger charge is -2.24. The predicted molar refractivity (Wildman–Crippen MR) is 89.6 cm³/mol. The first kappa shape index (κ1) is 15.6. The van der Waals surface area contributed by atoms with Crippen LogP contribution in [0.5, 0.6) is 5.88 Å². The fourth-order valence-corrected chi connectivity index (χ4v) is 3.24. The predicted octanol–water partition coefficient (Wildman–Crippen LogP) is 2.10. The van der Waals surface area contributed by atoms with E-state index in [4.69, 9.17) is 9.47 Å². The summed E-state index contributed by atoms with van der Waals surface area (Å²) in [5, 5.41) is 4.46. The summed E-state index contributed by atoms with van der Waals surface area (Å²) in [6.45, 7) is 4.27. The highest BCUT2D eigenvalue weighted by Gasteiger charge is 2.27. The van der Waals surface area contributed by atoms with Gasteiger partial charge >= 0.3 is 0 Å². The molecule has 6 heteroatoms. The van der Waals surface area contributed by atoms with Crippen LogP contribution < -0.4 is 4.74 Å². The lowest BCUT2D eigenvalue weighted by atomic mass is 10.2. The van der Waals surface area contributed by atoms with Crippen LogP contribution in [-0.4, -0.2) is 46.0 Å². The Morgan fingerprint density at radius 2 is 2.12 bits per heavy atom. The molecular formula is C18H24N4O2. The maximum Gasteiger partial charge on any atom is 0.217 e. The van der Waals surface area contributed by atoms with E-state index in [1.807, 2.05) is 12.3 Å². The van der Waals surface area contributed by atoms with Gasteiger partial charge in [0.25, 0.3) is 0 Å². The van der Waals surface area contributed by atoms with Gasteiger partial charge in [-0.15, -0.1) is 0 Å². The van der Waals surface area contributed by atoms with Crippen molar-refractivity contribution in [2.75, 3.05) is 20.3 Å². The van der Waals surface area contributed by atoms with Crippen LogP contribution in [0.2, 0.25) is 0 Å². The summed E-state index contributed by atoms with van der Waals surface area (Å²) in [6, 6.07) is 6.13. The van der Waals surface area contributed by atoms with Crippen molar-refractivity contribution < 1.29 is 9.47 Å². The van der Waals surface area contributed by atoms with Crippen molar-refractivity contribution in [1.29, 1.82) is 0 Å². The molecule has 1 saturated carbocycles. The molecule has 1 atom stereocenters. The zero-order valence-electron chi connectivity index (χ0n) is 14.1. The molecule has 2 aromatic heterocycles. The van der Waals surface area contributed by atoms with Crippen LogP contribution >= 0.6 is 0 Å². The van der Waals surface area contributed by atoms with E-state index in [9.17, 15) is 0 Å². The van der Waals surface area contributed by atoms with Gasteiger partial charge < -0.3 is 9.47 Å². The third-order valence-electron chi connectivity index (χ3n) is 4.73. The number of aromatic nitrogens is 3. The Kier molecular flexibility index (Phi) is 4.49. The molecule has 2 aliphatic rings. The highest BCUT2D eigenvalue weighted by atomic mass is 16.5. The first-order valence-corrected chi connectivity index (χ1v) is 8.64. The third-order valence-corrected chi connectivity index (χ3v) is 4.73. The van der Waals surface area contributed by atoms with Crippen LogP contribution in [-0.2, 0) is 24.4 Å². The summed E-state index contributed by atoms with van der Waals surface area (Å²) in [5.74, 6) is 1.47. The number of rotatable bonds is 6. The van der Waals surface area contributed by atoms with E-state index in [-0.39, 0.29) is 6.10 Å². The Morgan fingerprint density at radius 1 is 1.21 bits per heavy atom. The zero-order valence-corrected chi connectivity index (χ0v) is 14.1. The average molecular weight is 328 g/mol. The van der Waals surface area contributed by atoms with Crippen molar-refractivity contribution in [2.24, 2.45) is 5.92 Å². The maximum atomic E-state index is 6.19. The fourth-order valence-electron chi connectivity index (χ4n) is 3.24. The van der Waals surface area contributed by atoms with Gasteiger partial charge in [0.2, 0.25) is 5.88 Å². The zero-order chi connectivity index (χ0) is 16.4. The molecule has 2 aromatic rings. The van der Waals surface area contributed by atoms with E-state index in [2.05, 4.69) is 31.8 Å². The molecule has 1 fully saturated rings. The van der Waals surface area contributed by atoms with Crippen LogP contribution in [0.25, 0.3) is 0 Å². The second-order valence-corrected chi connectivity index (χ2v) is 6.74. The molecule has 24 heavy (non-hydrogen) atoms. The summed E-state index contributed by atoms with van der Waals surface area (Å²) in [4.78, 5) is 6.71. The van der Waals surface area contributed by atoms with Crippen LogP contribution in [0.4, 0.5) is 0 Å². The maximum absolute atomic E-state index is 6.19. The molecule has 1 unspecified atom stereocenters. The largest absolute Gasteiger partial charge is 0.481 e. The second-order valence-electron chi connectivity index (χ2n) is 6.74. The molecule has 0 bridgehead atoms. The second kappa shape index (κ2) is 6.91. The monoisotopic (exact) mass is 328 g/mol. The molecule has 0 N–H and O–H groups in total. The molecule has 1 aliphatic heterocycles. The number of methoxy groups -OCH3 is 1. The Balaban J connectivity index is 1.50. The topological polar surface area (TPSA) is 52.4 Å². The number of ether oxygens (including phenoxy) is 2. The summed E-state index contributed by atoms with van der Waals surface area (Å²) >= 11 is 0. The van der Waals surface area contributed by atoms with Gasteiger partial charge in [0.1, 0.15) is 0 Å². The summed E-state index contributed by atoms with van der Waals surface area (Å²) in [5.41, 5.74) is 2.34. The van der Waals surface area contributed by atoms with Crippen LogP contribution in [0.3, 0.4) is 0 Å². The Morgan fingerprint density at radius 3 is 2.96 bits per heavy atom. The summed E-state index contributed by atoms with van der Waals surface area (Å²) in [7, 11) is 1.67. The molecule has 0 saturated heterocycles. The van der Waals surface area contributed by atoms with E-state index >= 15 is 0 Å². The number of hydrogen-bond donors (Lipinski definition) is 0. The molecule has 0 spiro atoms. The van der Waals surface area contributed by atoms with E-state index in [0.717, 1.165) is 44.3 Å². The van der Waals surface area contributed by atoms with Gasteiger partial charge in [-0.3, -0.25) is 9.58 Å².